The molecule has 41 heavy (non-hydrogen) atoms. The smallest absolute Gasteiger partial charge is 0.423 e. The molecule has 0 saturated heterocycles. The molecule has 2 aromatic rings. The molecule has 0 fully saturated rings. The highest BCUT2D eigenvalue weighted by atomic mass is 31.2. The molecular weight excluding hydrogens is 560 g/mol. The molecular formula is C33H52F2O4P2. The number of hydrogen-bond acceptors (Lipinski definition) is 4. The summed E-state index contributed by atoms with van der Waals surface area (Å²) in [5.41, 5.74) is 5.22. The molecule has 8 heteroatoms. The van der Waals surface area contributed by atoms with Crippen LogP contribution in [0.2, 0.25) is 0 Å². The quantitative estimate of drug-likeness (QED) is 0.103. The highest BCUT2D eigenvalue weighted by Gasteiger charge is 2.21. The van der Waals surface area contributed by atoms with Gasteiger partial charge in [0, 0.05) is 6.42 Å². The van der Waals surface area contributed by atoms with E-state index in [2.05, 4.69) is 13.8 Å². The minimum atomic E-state index is -3.10. The van der Waals surface area contributed by atoms with Crippen molar-refractivity contribution in [1.29, 1.82) is 0 Å². The van der Waals surface area contributed by atoms with Crippen LogP contribution in [0, 0.1) is 13.8 Å². The van der Waals surface area contributed by atoms with Crippen LogP contribution in [0.4, 0.5) is 8.39 Å². The number of halogens is 2. The summed E-state index contributed by atoms with van der Waals surface area (Å²) in [6.07, 6.45) is 18.1. The van der Waals surface area contributed by atoms with Crippen molar-refractivity contribution in [1.82, 2.24) is 0 Å². The summed E-state index contributed by atoms with van der Waals surface area (Å²) >= 11 is 0. The number of aryl methyl sites for hydroxylation is 4. The molecule has 0 aliphatic rings. The number of benzene rings is 2. The molecule has 0 amide bonds. The molecule has 0 saturated carbocycles. The van der Waals surface area contributed by atoms with Gasteiger partial charge in [-0.3, -0.25) is 0 Å². The van der Waals surface area contributed by atoms with Crippen molar-refractivity contribution in [3.8, 4) is 11.5 Å². The van der Waals surface area contributed by atoms with Crippen LogP contribution in [-0.2, 0) is 19.3 Å². The van der Waals surface area contributed by atoms with Gasteiger partial charge in [0.2, 0.25) is 0 Å². The number of hydrogen-bond donors (Lipinski definition) is 2. The Balaban J connectivity index is 2.27. The van der Waals surface area contributed by atoms with E-state index in [4.69, 9.17) is 9.05 Å². The summed E-state index contributed by atoms with van der Waals surface area (Å²) in [7, 11) is -6.20. The molecule has 2 unspecified atom stereocenters. The summed E-state index contributed by atoms with van der Waals surface area (Å²) in [6.45, 7) is 8.41. The zero-order valence-electron chi connectivity index (χ0n) is 25.7. The van der Waals surface area contributed by atoms with Crippen LogP contribution in [-0.4, -0.2) is 9.79 Å². The highest BCUT2D eigenvalue weighted by Crippen LogP contribution is 2.44. The lowest BCUT2D eigenvalue weighted by atomic mass is 9.93. The van der Waals surface area contributed by atoms with Crippen molar-refractivity contribution in [3.05, 3.63) is 57.6 Å². The number of unbranched alkanes of at least 4 members (excludes halogenated alkanes) is 12. The van der Waals surface area contributed by atoms with Crippen LogP contribution < -0.4 is 9.05 Å². The second-order valence-corrected chi connectivity index (χ2v) is 12.6. The molecule has 4 nitrogen and oxygen atoms in total. The van der Waals surface area contributed by atoms with Gasteiger partial charge in [0.25, 0.3) is 0 Å². The maximum absolute atomic E-state index is 13.9. The van der Waals surface area contributed by atoms with E-state index >= 15 is 0 Å². The van der Waals surface area contributed by atoms with E-state index in [-0.39, 0.29) is 0 Å². The van der Waals surface area contributed by atoms with E-state index < -0.39 is 17.4 Å². The van der Waals surface area contributed by atoms with Crippen LogP contribution in [0.5, 0.6) is 11.5 Å². The molecule has 2 N–H and O–H groups in total. The van der Waals surface area contributed by atoms with Crippen LogP contribution in [0.15, 0.2) is 24.3 Å². The Kier molecular flexibility index (Phi) is 18.0. The third kappa shape index (κ3) is 14.1. The zero-order valence-corrected chi connectivity index (χ0v) is 27.5. The fourth-order valence-electron chi connectivity index (χ4n) is 5.63. The summed E-state index contributed by atoms with van der Waals surface area (Å²) in [4.78, 5) is 19.2. The van der Waals surface area contributed by atoms with E-state index in [0.717, 1.165) is 71.9 Å². The lowest BCUT2D eigenvalue weighted by molar-refractivity contribution is 0.426. The lowest BCUT2D eigenvalue weighted by Gasteiger charge is -2.20. The first kappa shape index (κ1) is 35.9. The first-order valence-corrected chi connectivity index (χ1v) is 17.9. The molecule has 0 aliphatic carbocycles. The van der Waals surface area contributed by atoms with E-state index in [0.29, 0.717) is 17.9 Å². The summed E-state index contributed by atoms with van der Waals surface area (Å²) in [5.74, 6) is 0.732. The molecule has 0 bridgehead atoms. The van der Waals surface area contributed by atoms with Crippen molar-refractivity contribution < 1.29 is 27.2 Å². The molecule has 0 heterocycles. The van der Waals surface area contributed by atoms with E-state index in [9.17, 15) is 18.2 Å². The predicted molar refractivity (Wildman–Crippen MR) is 170 cm³/mol. The maximum Gasteiger partial charge on any atom is 0.436 e. The maximum atomic E-state index is 13.9. The fraction of sp³-hybridized carbons (Fsp3) is 0.636. The standard InChI is InChI=1S/C33H52F2O4P2/c1-5-7-9-11-13-15-17-19-28-21-26(3)23-30(32(28)38-40(34)36)25-31-24-27(4)22-29(33(31)39-41(35)37)20-18-16-14-12-10-8-6-2/h21-24,36-37H,5-20,25H2,1-4H3. The SMILES string of the molecule is CCCCCCCCCc1cc(C)cc(Cc2cc(C)cc(CCCCCCCCC)c2OP(O)F)c1OP(O)F. The van der Waals surface area contributed by atoms with Crippen molar-refractivity contribution in [3.63, 3.8) is 0 Å². The van der Waals surface area contributed by atoms with Crippen LogP contribution in [0.1, 0.15) is 137 Å². The van der Waals surface area contributed by atoms with Crippen LogP contribution in [0.25, 0.3) is 0 Å². The first-order valence-electron chi connectivity index (χ1n) is 15.6. The van der Waals surface area contributed by atoms with Crippen molar-refractivity contribution in [2.75, 3.05) is 0 Å². The average Bonchev–Trinajstić information content (AvgIpc) is 2.90. The van der Waals surface area contributed by atoms with Gasteiger partial charge in [-0.2, -0.15) is 0 Å². The topological polar surface area (TPSA) is 58.9 Å². The van der Waals surface area contributed by atoms with Gasteiger partial charge in [0.1, 0.15) is 11.5 Å². The highest BCUT2D eigenvalue weighted by molar-refractivity contribution is 7.40. The molecule has 2 rings (SSSR count). The minimum Gasteiger partial charge on any atom is -0.423 e. The van der Waals surface area contributed by atoms with Crippen molar-refractivity contribution in [2.45, 2.75) is 137 Å². The van der Waals surface area contributed by atoms with Gasteiger partial charge in [-0.25, -0.2) is 0 Å². The van der Waals surface area contributed by atoms with Crippen molar-refractivity contribution >= 4 is 17.4 Å². The normalized spacial score (nSPS) is 12.9. The monoisotopic (exact) mass is 612 g/mol. The molecule has 2 aromatic carbocycles. The van der Waals surface area contributed by atoms with Gasteiger partial charge < -0.3 is 18.8 Å². The molecule has 0 aliphatic heterocycles. The van der Waals surface area contributed by atoms with E-state index in [1.54, 1.807) is 0 Å². The van der Waals surface area contributed by atoms with Gasteiger partial charge in [-0.1, -0.05) is 126 Å². The molecule has 0 radical (unpaired) electrons. The van der Waals surface area contributed by atoms with Gasteiger partial charge >= 0.3 is 17.4 Å². The second-order valence-electron chi connectivity index (χ2n) is 11.4. The van der Waals surface area contributed by atoms with Gasteiger partial charge in [-0.15, -0.1) is 8.39 Å². The van der Waals surface area contributed by atoms with Crippen LogP contribution in [0.3, 0.4) is 0 Å². The summed E-state index contributed by atoms with van der Waals surface area (Å²) in [6, 6.07) is 7.87. The summed E-state index contributed by atoms with van der Waals surface area (Å²) in [5, 5.41) is 0. The Morgan fingerprint density at radius 3 is 1.20 bits per heavy atom. The largest absolute Gasteiger partial charge is 0.436 e. The summed E-state index contributed by atoms with van der Waals surface area (Å²) < 4.78 is 38.6. The zero-order chi connectivity index (χ0) is 30.0. The Morgan fingerprint density at radius 2 is 0.854 bits per heavy atom. The Labute approximate surface area is 250 Å². The second kappa shape index (κ2) is 20.6. The Hall–Kier alpha value is -1.32. The molecule has 2 atom stereocenters. The molecule has 0 spiro atoms. The fourth-order valence-corrected chi connectivity index (χ4v) is 6.40. The van der Waals surface area contributed by atoms with Crippen LogP contribution >= 0.6 is 17.4 Å². The number of rotatable bonds is 22. The Morgan fingerprint density at radius 1 is 0.537 bits per heavy atom. The molecule has 232 valence electrons. The third-order valence-electron chi connectivity index (χ3n) is 7.59. The third-order valence-corrected chi connectivity index (χ3v) is 8.25. The predicted octanol–water partition coefficient (Wildman–Crippen LogP) is 11.6. The molecule has 0 aromatic heterocycles. The van der Waals surface area contributed by atoms with Crippen molar-refractivity contribution in [2.24, 2.45) is 0 Å². The van der Waals surface area contributed by atoms with Gasteiger partial charge in [0.05, 0.1) is 0 Å². The lowest BCUT2D eigenvalue weighted by Crippen LogP contribution is -2.03. The Bertz CT molecular complexity index is 938. The first-order chi connectivity index (χ1) is 19.7. The van der Waals surface area contributed by atoms with E-state index in [1.165, 1.54) is 64.2 Å². The van der Waals surface area contributed by atoms with Gasteiger partial charge in [0.15, 0.2) is 0 Å². The minimum absolute atomic E-state index is 0.314. The van der Waals surface area contributed by atoms with E-state index in [1.807, 2.05) is 38.1 Å². The average molecular weight is 613 g/mol. The van der Waals surface area contributed by atoms with Gasteiger partial charge in [-0.05, 0) is 61.8 Å².